The van der Waals surface area contributed by atoms with Crippen LogP contribution in [-0.4, -0.2) is 15.6 Å². The number of anilines is 1. The van der Waals surface area contributed by atoms with Crippen molar-refractivity contribution >= 4 is 5.95 Å². The highest BCUT2D eigenvalue weighted by Crippen LogP contribution is 2.31. The number of imidazole rings is 1. The monoisotopic (exact) mass is 235 g/mol. The summed E-state index contributed by atoms with van der Waals surface area (Å²) < 4.78 is 2.34. The van der Waals surface area contributed by atoms with E-state index in [1.165, 1.54) is 32.1 Å². The van der Waals surface area contributed by atoms with Crippen LogP contribution in [0.4, 0.5) is 5.95 Å². The third-order valence-electron chi connectivity index (χ3n) is 3.59. The molecule has 0 spiro atoms. The van der Waals surface area contributed by atoms with Crippen LogP contribution in [-0.2, 0) is 0 Å². The molecule has 1 fully saturated rings. The maximum Gasteiger partial charge on any atom is 0.203 e. The van der Waals surface area contributed by atoms with E-state index in [0.717, 1.165) is 11.9 Å². The van der Waals surface area contributed by atoms with Gasteiger partial charge in [0.15, 0.2) is 0 Å². The number of nitrogens with one attached hydrogen (secondary N) is 1. The van der Waals surface area contributed by atoms with E-state index in [2.05, 4.69) is 41.8 Å². The zero-order valence-electron chi connectivity index (χ0n) is 11.3. The summed E-state index contributed by atoms with van der Waals surface area (Å²) in [4.78, 5) is 4.46. The normalized spacial score (nSPS) is 18.8. The fourth-order valence-corrected chi connectivity index (χ4v) is 2.89. The van der Waals surface area contributed by atoms with E-state index < -0.39 is 0 Å². The van der Waals surface area contributed by atoms with Gasteiger partial charge in [-0.25, -0.2) is 4.98 Å². The summed E-state index contributed by atoms with van der Waals surface area (Å²) in [5, 5.41) is 3.55. The molecule has 3 heteroatoms. The third kappa shape index (κ3) is 3.24. The Bertz CT molecular complexity index is 337. The van der Waals surface area contributed by atoms with Gasteiger partial charge in [0.25, 0.3) is 0 Å². The Hall–Kier alpha value is -0.990. The van der Waals surface area contributed by atoms with Crippen molar-refractivity contribution in [1.29, 1.82) is 0 Å². The summed E-state index contributed by atoms with van der Waals surface area (Å²) in [5.74, 6) is 1.79. The highest BCUT2D eigenvalue weighted by molar-refractivity contribution is 5.28. The molecule has 96 valence electrons. The lowest BCUT2D eigenvalue weighted by Gasteiger charge is -2.20. The van der Waals surface area contributed by atoms with Gasteiger partial charge in [0.1, 0.15) is 0 Å². The molecule has 1 aromatic rings. The van der Waals surface area contributed by atoms with E-state index in [4.69, 9.17) is 0 Å². The van der Waals surface area contributed by atoms with Crippen LogP contribution in [0, 0.1) is 5.92 Å². The average molecular weight is 235 g/mol. The molecule has 0 aliphatic heterocycles. The predicted octanol–water partition coefficient (Wildman–Crippen LogP) is 3.84. The minimum absolute atomic E-state index is 0.498. The predicted molar refractivity (Wildman–Crippen MR) is 72.3 cm³/mol. The standard InChI is InChI=1S/C14H25N3/c1-11(2)10-12(3)16-14-15-8-9-17(14)13-6-4-5-7-13/h8-9,11-13H,4-7,10H2,1-3H3,(H,15,16). The molecule has 0 saturated heterocycles. The zero-order valence-corrected chi connectivity index (χ0v) is 11.3. The third-order valence-corrected chi connectivity index (χ3v) is 3.59. The largest absolute Gasteiger partial charge is 0.353 e. The van der Waals surface area contributed by atoms with Crippen molar-refractivity contribution in [3.05, 3.63) is 12.4 Å². The van der Waals surface area contributed by atoms with Crippen LogP contribution in [0.25, 0.3) is 0 Å². The van der Waals surface area contributed by atoms with Gasteiger partial charge in [-0.05, 0) is 32.1 Å². The summed E-state index contributed by atoms with van der Waals surface area (Å²) in [6.45, 7) is 6.77. The zero-order chi connectivity index (χ0) is 12.3. The van der Waals surface area contributed by atoms with Crippen molar-refractivity contribution in [3.63, 3.8) is 0 Å². The van der Waals surface area contributed by atoms with Crippen LogP contribution in [0.3, 0.4) is 0 Å². The number of nitrogens with zero attached hydrogens (tertiary/aromatic N) is 2. The van der Waals surface area contributed by atoms with Gasteiger partial charge >= 0.3 is 0 Å². The molecular formula is C14H25N3. The lowest BCUT2D eigenvalue weighted by atomic mass is 10.1. The summed E-state index contributed by atoms with van der Waals surface area (Å²) in [6.07, 6.45) is 10.6. The molecule has 0 radical (unpaired) electrons. The fourth-order valence-electron chi connectivity index (χ4n) is 2.89. The lowest BCUT2D eigenvalue weighted by Crippen LogP contribution is -2.21. The van der Waals surface area contributed by atoms with Gasteiger partial charge in [-0.3, -0.25) is 0 Å². The molecule has 0 bridgehead atoms. The first-order valence-corrected chi connectivity index (χ1v) is 6.96. The number of hydrogen-bond donors (Lipinski definition) is 1. The van der Waals surface area contributed by atoms with Crippen LogP contribution in [0.2, 0.25) is 0 Å². The van der Waals surface area contributed by atoms with Crippen LogP contribution in [0.1, 0.15) is 58.9 Å². The molecular weight excluding hydrogens is 210 g/mol. The Morgan fingerprint density at radius 1 is 1.35 bits per heavy atom. The van der Waals surface area contributed by atoms with Gasteiger partial charge in [0, 0.05) is 24.5 Å². The van der Waals surface area contributed by atoms with Crippen LogP contribution >= 0.6 is 0 Å². The fraction of sp³-hybridized carbons (Fsp3) is 0.786. The molecule has 1 atom stereocenters. The lowest BCUT2D eigenvalue weighted by molar-refractivity contribution is 0.506. The number of hydrogen-bond acceptors (Lipinski definition) is 2. The van der Waals surface area contributed by atoms with Gasteiger partial charge in [-0.1, -0.05) is 26.7 Å². The summed E-state index contributed by atoms with van der Waals surface area (Å²) in [7, 11) is 0. The molecule has 1 heterocycles. The van der Waals surface area contributed by atoms with Crippen molar-refractivity contribution in [2.24, 2.45) is 5.92 Å². The smallest absolute Gasteiger partial charge is 0.203 e. The second-order valence-corrected chi connectivity index (χ2v) is 5.77. The molecule has 2 rings (SSSR count). The summed E-state index contributed by atoms with van der Waals surface area (Å²) in [5.41, 5.74) is 0. The van der Waals surface area contributed by atoms with Crippen LogP contribution < -0.4 is 5.32 Å². The maximum absolute atomic E-state index is 4.46. The van der Waals surface area contributed by atoms with Gasteiger partial charge in [-0.2, -0.15) is 0 Å². The second-order valence-electron chi connectivity index (χ2n) is 5.77. The number of rotatable bonds is 5. The molecule has 17 heavy (non-hydrogen) atoms. The molecule has 1 aliphatic carbocycles. The Morgan fingerprint density at radius 2 is 2.06 bits per heavy atom. The minimum atomic E-state index is 0.498. The van der Waals surface area contributed by atoms with Crippen molar-refractivity contribution in [2.45, 2.75) is 65.0 Å². The minimum Gasteiger partial charge on any atom is -0.353 e. The topological polar surface area (TPSA) is 29.9 Å². The van der Waals surface area contributed by atoms with Crippen LogP contribution in [0.15, 0.2) is 12.4 Å². The van der Waals surface area contributed by atoms with E-state index in [1.54, 1.807) is 0 Å². The maximum atomic E-state index is 4.46. The average Bonchev–Trinajstić information content (AvgIpc) is 2.84. The summed E-state index contributed by atoms with van der Waals surface area (Å²) >= 11 is 0. The van der Waals surface area contributed by atoms with Gasteiger partial charge in [0.2, 0.25) is 5.95 Å². The van der Waals surface area contributed by atoms with Crippen molar-refractivity contribution in [3.8, 4) is 0 Å². The van der Waals surface area contributed by atoms with E-state index >= 15 is 0 Å². The molecule has 1 saturated carbocycles. The number of aromatic nitrogens is 2. The molecule has 0 aromatic carbocycles. The molecule has 3 nitrogen and oxygen atoms in total. The Morgan fingerprint density at radius 3 is 2.71 bits per heavy atom. The van der Waals surface area contributed by atoms with E-state index in [9.17, 15) is 0 Å². The Labute approximate surface area is 105 Å². The van der Waals surface area contributed by atoms with Crippen molar-refractivity contribution in [1.82, 2.24) is 9.55 Å². The van der Waals surface area contributed by atoms with Crippen molar-refractivity contribution < 1.29 is 0 Å². The van der Waals surface area contributed by atoms with Crippen molar-refractivity contribution in [2.75, 3.05) is 5.32 Å². The molecule has 1 aromatic heterocycles. The first-order valence-electron chi connectivity index (χ1n) is 6.96. The highest BCUT2D eigenvalue weighted by Gasteiger charge is 2.19. The summed E-state index contributed by atoms with van der Waals surface area (Å²) in [6, 6.07) is 1.17. The van der Waals surface area contributed by atoms with E-state index in [1.807, 2.05) is 6.20 Å². The molecule has 1 N–H and O–H groups in total. The Kier molecular flexibility index (Phi) is 4.08. The highest BCUT2D eigenvalue weighted by atomic mass is 15.2. The molecule has 1 aliphatic rings. The Balaban J connectivity index is 1.98. The van der Waals surface area contributed by atoms with Gasteiger partial charge in [0.05, 0.1) is 0 Å². The first kappa shape index (κ1) is 12.5. The first-order chi connectivity index (χ1) is 8.16. The second kappa shape index (κ2) is 5.56. The van der Waals surface area contributed by atoms with Crippen LogP contribution in [0.5, 0.6) is 0 Å². The SMILES string of the molecule is CC(C)CC(C)Nc1nccn1C1CCCC1. The quantitative estimate of drug-likeness (QED) is 0.840. The van der Waals surface area contributed by atoms with E-state index in [0.29, 0.717) is 12.1 Å². The van der Waals surface area contributed by atoms with Gasteiger partial charge in [-0.15, -0.1) is 0 Å². The molecule has 1 unspecified atom stereocenters. The van der Waals surface area contributed by atoms with E-state index in [-0.39, 0.29) is 0 Å². The molecule has 0 amide bonds. The van der Waals surface area contributed by atoms with Gasteiger partial charge < -0.3 is 9.88 Å².